The number of aliphatic hydroxyl groups excluding tert-OH is 1. The first-order valence-corrected chi connectivity index (χ1v) is 11.4. The average Bonchev–Trinajstić information content (AvgIpc) is 2.73. The number of halogens is 3. The molecule has 0 atom stereocenters. The maximum absolute atomic E-state index is 13.4. The van der Waals surface area contributed by atoms with Gasteiger partial charge in [0.05, 0.1) is 17.1 Å². The Bertz CT molecular complexity index is 1250. The molecule has 6 nitrogen and oxygen atoms in total. The van der Waals surface area contributed by atoms with Gasteiger partial charge in [-0.25, -0.2) is 8.42 Å². The number of rotatable bonds is 8. The quantitative estimate of drug-likeness (QED) is 0.529. The highest BCUT2D eigenvalue weighted by molar-refractivity contribution is 7.89. The summed E-state index contributed by atoms with van der Waals surface area (Å²) in [5, 5.41) is 9.04. The number of benzene rings is 2. The molecule has 2 aromatic carbocycles. The highest BCUT2D eigenvalue weighted by Gasteiger charge is 2.33. The summed E-state index contributed by atoms with van der Waals surface area (Å²) < 4.78 is 66.8. The van der Waals surface area contributed by atoms with E-state index in [9.17, 15) is 26.4 Å². The van der Waals surface area contributed by atoms with Gasteiger partial charge in [0.1, 0.15) is 0 Å². The van der Waals surface area contributed by atoms with Crippen molar-refractivity contribution in [2.75, 3.05) is 19.7 Å². The summed E-state index contributed by atoms with van der Waals surface area (Å²) in [6.07, 6.45) is -3.79. The SMILES string of the molecule is CCCN(CCO)S(=O)(=O)c1ccc(Cc2ccc3[nH]c(=O)cc(C(F)(F)F)c3c2)cc1. The van der Waals surface area contributed by atoms with E-state index >= 15 is 0 Å². The number of nitrogens with zero attached hydrogens (tertiary/aromatic N) is 1. The van der Waals surface area contributed by atoms with Crippen LogP contribution in [0.1, 0.15) is 30.0 Å². The van der Waals surface area contributed by atoms with Gasteiger partial charge in [-0.05, 0) is 48.2 Å². The molecule has 0 amide bonds. The molecule has 0 aliphatic rings. The van der Waals surface area contributed by atoms with Crippen LogP contribution >= 0.6 is 0 Å². The van der Waals surface area contributed by atoms with Crippen molar-refractivity contribution < 1.29 is 26.7 Å². The third kappa shape index (κ3) is 5.20. The zero-order chi connectivity index (χ0) is 23.5. The largest absolute Gasteiger partial charge is 0.417 e. The molecule has 0 spiro atoms. The summed E-state index contributed by atoms with van der Waals surface area (Å²) in [4.78, 5) is 14.0. The number of pyridine rings is 1. The zero-order valence-electron chi connectivity index (χ0n) is 17.3. The Morgan fingerprint density at radius 3 is 2.25 bits per heavy atom. The molecule has 3 aromatic rings. The minimum atomic E-state index is -4.67. The van der Waals surface area contributed by atoms with Crippen LogP contribution in [0.4, 0.5) is 13.2 Å². The second-order valence-corrected chi connectivity index (χ2v) is 9.31. The number of hydrogen-bond donors (Lipinski definition) is 2. The molecule has 0 saturated heterocycles. The number of H-pyrrole nitrogens is 1. The number of nitrogens with one attached hydrogen (secondary N) is 1. The van der Waals surface area contributed by atoms with Gasteiger partial charge in [0.15, 0.2) is 0 Å². The molecule has 0 fully saturated rings. The van der Waals surface area contributed by atoms with Gasteiger partial charge >= 0.3 is 6.18 Å². The Morgan fingerprint density at radius 1 is 1.00 bits per heavy atom. The number of alkyl halides is 3. The van der Waals surface area contributed by atoms with Gasteiger partial charge in [-0.2, -0.15) is 17.5 Å². The van der Waals surface area contributed by atoms with Gasteiger partial charge in [0.25, 0.3) is 0 Å². The monoisotopic (exact) mass is 468 g/mol. The van der Waals surface area contributed by atoms with E-state index in [0.29, 0.717) is 23.6 Å². The van der Waals surface area contributed by atoms with E-state index in [4.69, 9.17) is 5.11 Å². The Labute approximate surface area is 183 Å². The van der Waals surface area contributed by atoms with Crippen molar-refractivity contribution in [3.63, 3.8) is 0 Å². The first-order valence-electron chi connectivity index (χ1n) is 9.99. The number of sulfonamides is 1. The molecule has 32 heavy (non-hydrogen) atoms. The first-order chi connectivity index (χ1) is 15.1. The molecule has 0 bridgehead atoms. The third-order valence-electron chi connectivity index (χ3n) is 5.00. The number of aromatic amines is 1. The van der Waals surface area contributed by atoms with Crippen molar-refractivity contribution in [1.82, 2.24) is 9.29 Å². The normalized spacial score (nSPS) is 12.6. The molecule has 0 aliphatic carbocycles. The zero-order valence-corrected chi connectivity index (χ0v) is 18.1. The Balaban J connectivity index is 1.90. The molecule has 3 rings (SSSR count). The van der Waals surface area contributed by atoms with Crippen LogP contribution in [0.15, 0.2) is 58.2 Å². The minimum absolute atomic E-state index is 0.00134. The second-order valence-electron chi connectivity index (χ2n) is 7.37. The summed E-state index contributed by atoms with van der Waals surface area (Å²) >= 11 is 0. The molecule has 172 valence electrons. The van der Waals surface area contributed by atoms with E-state index in [2.05, 4.69) is 4.98 Å². The third-order valence-corrected chi connectivity index (χ3v) is 6.92. The van der Waals surface area contributed by atoms with Crippen LogP contribution < -0.4 is 5.56 Å². The summed E-state index contributed by atoms with van der Waals surface area (Å²) in [7, 11) is -3.76. The lowest BCUT2D eigenvalue weighted by molar-refractivity contribution is -0.136. The highest BCUT2D eigenvalue weighted by atomic mass is 32.2. The standard InChI is InChI=1S/C22H23F3N2O4S/c1-2-9-27(10-11-28)32(30,31)17-6-3-15(4-7-17)12-16-5-8-20-18(13-16)19(22(23,24)25)14-21(29)26-20/h3-8,13-14,28H,2,9-12H2,1H3,(H,26,29). The Morgan fingerprint density at radius 2 is 1.66 bits per heavy atom. The van der Waals surface area contributed by atoms with Gasteiger partial charge in [0.2, 0.25) is 15.6 Å². The van der Waals surface area contributed by atoms with Gasteiger partial charge in [0, 0.05) is 30.1 Å². The van der Waals surface area contributed by atoms with Crippen LogP contribution in [0, 0.1) is 0 Å². The predicted octanol–water partition coefficient (Wildman–Crippen LogP) is 3.53. The summed E-state index contributed by atoms with van der Waals surface area (Å²) in [5.74, 6) is 0. The van der Waals surface area contributed by atoms with Crippen LogP contribution in [0.5, 0.6) is 0 Å². The number of hydrogen-bond acceptors (Lipinski definition) is 4. The van der Waals surface area contributed by atoms with Crippen LogP contribution in [0.25, 0.3) is 10.9 Å². The fourth-order valence-electron chi connectivity index (χ4n) is 3.52. The fourth-order valence-corrected chi connectivity index (χ4v) is 5.05. The molecule has 0 unspecified atom stereocenters. The molecule has 1 aromatic heterocycles. The molecular formula is C22H23F3N2O4S. The number of fused-ring (bicyclic) bond motifs is 1. The summed E-state index contributed by atoms with van der Waals surface area (Å²) in [6.45, 7) is 1.83. The topological polar surface area (TPSA) is 90.5 Å². The molecule has 1 heterocycles. The van der Waals surface area contributed by atoms with Crippen LogP contribution in [0.2, 0.25) is 0 Å². The van der Waals surface area contributed by atoms with Crippen molar-refractivity contribution in [2.24, 2.45) is 0 Å². The van der Waals surface area contributed by atoms with E-state index in [1.165, 1.54) is 28.6 Å². The molecule has 0 saturated carbocycles. The minimum Gasteiger partial charge on any atom is -0.395 e. The van der Waals surface area contributed by atoms with Crippen molar-refractivity contribution >= 4 is 20.9 Å². The van der Waals surface area contributed by atoms with Gasteiger partial charge in [-0.1, -0.05) is 25.1 Å². The lowest BCUT2D eigenvalue weighted by atomic mass is 10.0. The number of aliphatic hydroxyl groups is 1. The molecule has 0 radical (unpaired) electrons. The average molecular weight is 468 g/mol. The van der Waals surface area contributed by atoms with Gasteiger partial charge in [-0.3, -0.25) is 4.79 Å². The summed E-state index contributed by atoms with van der Waals surface area (Å²) in [5.41, 5.74) is -0.439. The smallest absolute Gasteiger partial charge is 0.395 e. The van der Waals surface area contributed by atoms with Crippen molar-refractivity contribution in [1.29, 1.82) is 0 Å². The molecule has 2 N–H and O–H groups in total. The lowest BCUT2D eigenvalue weighted by Gasteiger charge is -2.20. The maximum Gasteiger partial charge on any atom is 0.417 e. The summed E-state index contributed by atoms with van der Waals surface area (Å²) in [6, 6.07) is 11.1. The van der Waals surface area contributed by atoms with Crippen LogP contribution in [-0.4, -0.2) is 42.5 Å². The number of aromatic nitrogens is 1. The highest BCUT2D eigenvalue weighted by Crippen LogP contribution is 2.33. The van der Waals surface area contributed by atoms with Crippen LogP contribution in [0.3, 0.4) is 0 Å². The second kappa shape index (κ2) is 9.43. The molecular weight excluding hydrogens is 445 g/mol. The van der Waals surface area contributed by atoms with Crippen molar-refractivity contribution in [3.05, 3.63) is 75.6 Å². The Kier molecular flexibility index (Phi) is 7.06. The fraction of sp³-hybridized carbons (Fsp3) is 0.318. The lowest BCUT2D eigenvalue weighted by Crippen LogP contribution is -2.34. The molecule has 10 heteroatoms. The van der Waals surface area contributed by atoms with E-state index in [1.807, 2.05) is 6.92 Å². The van der Waals surface area contributed by atoms with Crippen molar-refractivity contribution in [3.8, 4) is 0 Å². The van der Waals surface area contributed by atoms with Crippen LogP contribution in [-0.2, 0) is 22.6 Å². The van der Waals surface area contributed by atoms with E-state index in [-0.39, 0.29) is 41.9 Å². The molecule has 0 aliphatic heterocycles. The van der Waals surface area contributed by atoms with E-state index < -0.39 is 27.3 Å². The van der Waals surface area contributed by atoms with E-state index in [0.717, 1.165) is 0 Å². The van der Waals surface area contributed by atoms with Gasteiger partial charge < -0.3 is 10.1 Å². The van der Waals surface area contributed by atoms with E-state index in [1.54, 1.807) is 18.2 Å². The first kappa shape index (κ1) is 24.0. The maximum atomic E-state index is 13.4. The Hall–Kier alpha value is -2.69. The van der Waals surface area contributed by atoms with Gasteiger partial charge in [-0.15, -0.1) is 0 Å². The predicted molar refractivity (Wildman–Crippen MR) is 115 cm³/mol. The van der Waals surface area contributed by atoms with Crippen molar-refractivity contribution in [2.45, 2.75) is 30.8 Å².